The fourth-order valence-electron chi connectivity index (χ4n) is 4.04. The molecule has 0 fully saturated rings. The van der Waals surface area contributed by atoms with Crippen molar-refractivity contribution in [1.82, 2.24) is 4.90 Å². The maximum atomic E-state index is 12.8. The van der Waals surface area contributed by atoms with Crippen LogP contribution in [0.25, 0.3) is 0 Å². The number of carboxylic acids is 1. The molecule has 0 aliphatic rings. The minimum atomic E-state index is -1.86. The molecule has 0 bridgehead atoms. The van der Waals surface area contributed by atoms with Crippen molar-refractivity contribution >= 4 is 11.9 Å². The molecule has 1 atom stereocenters. The van der Waals surface area contributed by atoms with Gasteiger partial charge in [-0.15, -0.1) is 0 Å². The Bertz CT molecular complexity index is 1010. The van der Waals surface area contributed by atoms with Gasteiger partial charge in [-0.2, -0.15) is 0 Å². The number of rotatable bonds is 14. The van der Waals surface area contributed by atoms with Crippen LogP contribution in [0.1, 0.15) is 24.0 Å². The van der Waals surface area contributed by atoms with E-state index in [2.05, 4.69) is 4.90 Å². The predicted molar refractivity (Wildman–Crippen MR) is 131 cm³/mol. The molecule has 35 heavy (non-hydrogen) atoms. The number of hydrogen-bond donors (Lipinski definition) is 1. The summed E-state index contributed by atoms with van der Waals surface area (Å²) in [5, 5.41) is 10.2. The molecule has 0 saturated heterocycles. The van der Waals surface area contributed by atoms with Gasteiger partial charge >= 0.3 is 11.9 Å². The zero-order valence-corrected chi connectivity index (χ0v) is 21.3. The summed E-state index contributed by atoms with van der Waals surface area (Å²) in [6.07, 6.45) is 1.29. The number of carbonyl (C=O) groups excluding carboxylic acids is 1. The molecule has 2 aromatic rings. The van der Waals surface area contributed by atoms with Crippen molar-refractivity contribution in [2.75, 3.05) is 55.7 Å². The van der Waals surface area contributed by atoms with Crippen LogP contribution in [-0.4, -0.2) is 77.6 Å². The molecule has 2 aromatic carbocycles. The quantitative estimate of drug-likeness (QED) is 0.316. The average molecular weight is 490 g/mol. The number of likely N-dealkylation sites (N-methyl/N-ethyl adjacent to an activating group) is 1. The second-order valence-corrected chi connectivity index (χ2v) is 8.12. The first-order valence-electron chi connectivity index (χ1n) is 11.2. The number of ether oxygens (including phenoxy) is 5. The van der Waals surface area contributed by atoms with Crippen LogP contribution < -0.4 is 18.9 Å². The Morgan fingerprint density at radius 1 is 0.829 bits per heavy atom. The van der Waals surface area contributed by atoms with Crippen LogP contribution in [0, 0.1) is 0 Å². The van der Waals surface area contributed by atoms with Crippen molar-refractivity contribution < 1.29 is 38.4 Å². The highest BCUT2D eigenvalue weighted by Gasteiger charge is 2.49. The van der Waals surface area contributed by atoms with Gasteiger partial charge in [-0.25, -0.2) is 0 Å². The van der Waals surface area contributed by atoms with E-state index in [0.29, 0.717) is 36.0 Å². The number of benzene rings is 2. The average Bonchev–Trinajstić information content (AvgIpc) is 2.88. The SMILES string of the molecule is COC(=O)C(CCCN(C)CCc1ccc(OC)c(OC)c1)(C(=O)O)c1ccc(OC)c(OC)c1. The van der Waals surface area contributed by atoms with Crippen molar-refractivity contribution in [2.24, 2.45) is 0 Å². The molecule has 9 nitrogen and oxygen atoms in total. The van der Waals surface area contributed by atoms with Crippen molar-refractivity contribution in [2.45, 2.75) is 24.7 Å². The van der Waals surface area contributed by atoms with Gasteiger partial charge in [-0.1, -0.05) is 12.1 Å². The topological polar surface area (TPSA) is 104 Å². The van der Waals surface area contributed by atoms with Gasteiger partial charge in [0.2, 0.25) is 0 Å². The van der Waals surface area contributed by atoms with E-state index in [9.17, 15) is 14.7 Å². The fraction of sp³-hybridized carbons (Fsp3) is 0.462. The van der Waals surface area contributed by atoms with Gasteiger partial charge in [-0.05, 0) is 68.2 Å². The monoisotopic (exact) mass is 489 g/mol. The van der Waals surface area contributed by atoms with Crippen LogP contribution in [0.4, 0.5) is 0 Å². The van der Waals surface area contributed by atoms with Crippen molar-refractivity contribution in [3.05, 3.63) is 47.5 Å². The minimum Gasteiger partial charge on any atom is -0.493 e. The number of hydrogen-bond acceptors (Lipinski definition) is 8. The molecule has 0 radical (unpaired) electrons. The van der Waals surface area contributed by atoms with Gasteiger partial charge in [0.1, 0.15) is 0 Å². The summed E-state index contributed by atoms with van der Waals surface area (Å²) in [6.45, 7) is 1.33. The second-order valence-electron chi connectivity index (χ2n) is 8.12. The Kier molecular flexibility index (Phi) is 10.2. The first-order valence-corrected chi connectivity index (χ1v) is 11.2. The lowest BCUT2D eigenvalue weighted by Gasteiger charge is -2.28. The lowest BCUT2D eigenvalue weighted by molar-refractivity contribution is -0.160. The summed E-state index contributed by atoms with van der Waals surface area (Å²) in [7, 11) is 9.28. The summed E-state index contributed by atoms with van der Waals surface area (Å²) < 4.78 is 26.1. The fourth-order valence-corrected chi connectivity index (χ4v) is 4.04. The molecule has 0 aliphatic heterocycles. The largest absolute Gasteiger partial charge is 0.493 e. The summed E-state index contributed by atoms with van der Waals surface area (Å²) in [5.74, 6) is 0.0242. The van der Waals surface area contributed by atoms with E-state index < -0.39 is 17.4 Å². The molecule has 0 heterocycles. The Morgan fingerprint density at radius 2 is 1.40 bits per heavy atom. The third-order valence-corrected chi connectivity index (χ3v) is 6.10. The van der Waals surface area contributed by atoms with E-state index in [1.807, 2.05) is 25.2 Å². The maximum absolute atomic E-state index is 12.8. The Hall–Kier alpha value is -3.46. The summed E-state index contributed by atoms with van der Waals surface area (Å²) in [6, 6.07) is 10.5. The van der Waals surface area contributed by atoms with E-state index in [0.717, 1.165) is 18.5 Å². The molecule has 0 amide bonds. The Morgan fingerprint density at radius 3 is 1.94 bits per heavy atom. The van der Waals surface area contributed by atoms with Crippen LogP contribution >= 0.6 is 0 Å². The third kappa shape index (κ3) is 6.36. The molecule has 0 aromatic heterocycles. The van der Waals surface area contributed by atoms with E-state index >= 15 is 0 Å². The van der Waals surface area contributed by atoms with Crippen LogP contribution in [0.3, 0.4) is 0 Å². The normalized spacial score (nSPS) is 12.5. The molecule has 2 rings (SSSR count). The van der Waals surface area contributed by atoms with Crippen LogP contribution in [0.15, 0.2) is 36.4 Å². The molecule has 0 spiro atoms. The van der Waals surface area contributed by atoms with Crippen LogP contribution in [0.5, 0.6) is 23.0 Å². The van der Waals surface area contributed by atoms with Crippen LogP contribution in [0.2, 0.25) is 0 Å². The first-order chi connectivity index (χ1) is 16.8. The molecule has 0 saturated carbocycles. The van der Waals surface area contributed by atoms with E-state index in [4.69, 9.17) is 23.7 Å². The second kappa shape index (κ2) is 12.9. The number of aliphatic carboxylic acids is 1. The Labute approximate surface area is 206 Å². The van der Waals surface area contributed by atoms with E-state index in [-0.39, 0.29) is 12.0 Å². The van der Waals surface area contributed by atoms with Gasteiger partial charge < -0.3 is 33.7 Å². The number of carbonyl (C=O) groups is 2. The van der Waals surface area contributed by atoms with Gasteiger partial charge in [0, 0.05) is 6.54 Å². The summed E-state index contributed by atoms with van der Waals surface area (Å²) >= 11 is 0. The molecule has 0 aliphatic carbocycles. The lowest BCUT2D eigenvalue weighted by Crippen LogP contribution is -2.45. The molecule has 1 N–H and O–H groups in total. The molecular formula is C26H35NO8. The highest BCUT2D eigenvalue weighted by atomic mass is 16.5. The third-order valence-electron chi connectivity index (χ3n) is 6.10. The van der Waals surface area contributed by atoms with Gasteiger partial charge in [0.05, 0.1) is 35.5 Å². The van der Waals surface area contributed by atoms with E-state index in [1.54, 1.807) is 26.4 Å². The van der Waals surface area contributed by atoms with E-state index in [1.165, 1.54) is 27.4 Å². The van der Waals surface area contributed by atoms with Gasteiger partial charge in [0.15, 0.2) is 28.4 Å². The van der Waals surface area contributed by atoms with Crippen LogP contribution in [-0.2, 0) is 26.2 Å². The van der Waals surface area contributed by atoms with Crippen molar-refractivity contribution in [1.29, 1.82) is 0 Å². The lowest BCUT2D eigenvalue weighted by atomic mass is 9.76. The Balaban J connectivity index is 2.13. The smallest absolute Gasteiger partial charge is 0.327 e. The van der Waals surface area contributed by atoms with Gasteiger partial charge in [-0.3, -0.25) is 9.59 Å². The first kappa shape index (κ1) is 27.8. The molecule has 192 valence electrons. The minimum absolute atomic E-state index is 0.0607. The van der Waals surface area contributed by atoms with Gasteiger partial charge in [0.25, 0.3) is 0 Å². The maximum Gasteiger partial charge on any atom is 0.327 e. The summed E-state index contributed by atoms with van der Waals surface area (Å²) in [5.41, 5.74) is -0.491. The standard InChI is InChI=1S/C26H35NO8/c1-27(15-12-18-8-10-20(31-2)22(16-18)33-4)14-7-13-26(24(28)29,25(30)35-6)19-9-11-21(32-3)23(17-19)34-5/h8-11,16-17H,7,12-15H2,1-6H3,(H,28,29). The summed E-state index contributed by atoms with van der Waals surface area (Å²) in [4.78, 5) is 27.4. The van der Waals surface area contributed by atoms with Crippen molar-refractivity contribution in [3.63, 3.8) is 0 Å². The molecular weight excluding hydrogens is 454 g/mol. The molecule has 9 heteroatoms. The zero-order chi connectivity index (χ0) is 26.0. The molecule has 1 unspecified atom stereocenters. The number of methoxy groups -OCH3 is 5. The highest BCUT2D eigenvalue weighted by Crippen LogP contribution is 2.37. The zero-order valence-electron chi connectivity index (χ0n) is 21.3. The number of nitrogens with zero attached hydrogens (tertiary/aromatic N) is 1. The number of esters is 1. The predicted octanol–water partition coefficient (Wildman–Crippen LogP) is 3.17. The highest BCUT2D eigenvalue weighted by molar-refractivity contribution is 6.05. The number of carboxylic acid groups (broad SMARTS) is 1. The van der Waals surface area contributed by atoms with Crippen molar-refractivity contribution in [3.8, 4) is 23.0 Å².